The number of hydrogen-bond donors (Lipinski definition) is 4. The third kappa shape index (κ3) is 9.80. The number of alkyl halides is 2. The molecule has 0 aliphatic heterocycles. The Morgan fingerprint density at radius 3 is 2.25 bits per heavy atom. The van der Waals surface area contributed by atoms with Crippen LogP contribution in [0.4, 0.5) is 10.1 Å². The summed E-state index contributed by atoms with van der Waals surface area (Å²) in [5.74, 6) is -1.16. The Kier molecular flexibility index (Phi) is 13.2. The smallest absolute Gasteiger partial charge is 0.326 e. The molecule has 2 amide bonds. The molecule has 44 heavy (non-hydrogen) atoms. The Hall–Kier alpha value is -3.41. The summed E-state index contributed by atoms with van der Waals surface area (Å²) in [7, 11) is 1.86. The first-order valence-corrected chi connectivity index (χ1v) is 15.7. The Morgan fingerprint density at radius 2 is 1.66 bits per heavy atom. The van der Waals surface area contributed by atoms with Gasteiger partial charge < -0.3 is 30.9 Å². The van der Waals surface area contributed by atoms with Gasteiger partial charge in [-0.15, -0.1) is 23.2 Å². The maximum absolute atomic E-state index is 13.3. The fraction of sp³-hybridized carbons (Fsp3) is 0.484. The summed E-state index contributed by atoms with van der Waals surface area (Å²) in [6.45, 7) is 5.05. The topological polar surface area (TPSA) is 143 Å². The van der Waals surface area contributed by atoms with Crippen molar-refractivity contribution in [3.05, 3.63) is 59.7 Å². The number of carboxylic acid groups (broad SMARTS) is 1. The molecule has 0 bridgehead atoms. The minimum Gasteiger partial charge on any atom is -0.480 e. The SMILES string of the molecule is CC(C)C[C@@H](NC(=O)[C@@H](N)Cc1ccc(F)cc1)C(=O)N[C@@H](CCc1nc2cc(N(CCCl)CCCl)ccc2n1C)C(=O)O. The zero-order valence-electron chi connectivity index (χ0n) is 25.2. The fourth-order valence-electron chi connectivity index (χ4n) is 4.98. The van der Waals surface area contributed by atoms with Crippen molar-refractivity contribution in [2.45, 2.75) is 57.7 Å². The minimum absolute atomic E-state index is 0.0253. The van der Waals surface area contributed by atoms with Crippen LogP contribution in [-0.2, 0) is 34.3 Å². The molecule has 3 aromatic rings. The summed E-state index contributed by atoms with van der Waals surface area (Å²) in [6, 6.07) is 8.36. The normalized spacial score (nSPS) is 13.5. The van der Waals surface area contributed by atoms with Gasteiger partial charge in [-0.2, -0.15) is 0 Å². The lowest BCUT2D eigenvalue weighted by molar-refractivity contribution is -0.142. The van der Waals surface area contributed by atoms with E-state index in [1.807, 2.05) is 43.7 Å². The molecule has 2 aromatic carbocycles. The lowest BCUT2D eigenvalue weighted by Gasteiger charge is -2.24. The molecule has 0 radical (unpaired) electrons. The van der Waals surface area contributed by atoms with Gasteiger partial charge in [-0.25, -0.2) is 14.2 Å². The number of aliphatic carboxylic acids is 1. The molecule has 0 aliphatic carbocycles. The number of aromatic nitrogens is 2. The summed E-state index contributed by atoms with van der Waals surface area (Å²) in [4.78, 5) is 45.1. The van der Waals surface area contributed by atoms with Crippen molar-refractivity contribution in [3.63, 3.8) is 0 Å². The third-order valence-corrected chi connectivity index (χ3v) is 7.69. The zero-order chi connectivity index (χ0) is 32.4. The number of nitrogens with zero attached hydrogens (tertiary/aromatic N) is 3. The van der Waals surface area contributed by atoms with E-state index < -0.39 is 41.7 Å². The summed E-state index contributed by atoms with van der Waals surface area (Å²) in [5, 5.41) is 15.2. The number of fused-ring (bicyclic) bond motifs is 1. The van der Waals surface area contributed by atoms with Gasteiger partial charge in [0.15, 0.2) is 0 Å². The number of benzene rings is 2. The number of imidazole rings is 1. The lowest BCUT2D eigenvalue weighted by Crippen LogP contribution is -2.55. The van der Waals surface area contributed by atoms with E-state index >= 15 is 0 Å². The largest absolute Gasteiger partial charge is 0.480 e. The number of nitrogens with two attached hydrogens (primary N) is 1. The molecule has 10 nitrogen and oxygen atoms in total. The van der Waals surface area contributed by atoms with E-state index in [2.05, 4.69) is 15.5 Å². The number of aryl methyl sites for hydroxylation is 2. The number of rotatable bonds is 17. The van der Waals surface area contributed by atoms with Gasteiger partial charge in [0.25, 0.3) is 0 Å². The Balaban J connectivity index is 1.68. The second-order valence-corrected chi connectivity index (χ2v) is 11.9. The molecule has 13 heteroatoms. The predicted molar refractivity (Wildman–Crippen MR) is 172 cm³/mol. The highest BCUT2D eigenvalue weighted by molar-refractivity contribution is 6.18. The second-order valence-electron chi connectivity index (χ2n) is 11.2. The number of anilines is 1. The van der Waals surface area contributed by atoms with Crippen molar-refractivity contribution >= 4 is 57.7 Å². The van der Waals surface area contributed by atoms with Crippen LogP contribution in [0.5, 0.6) is 0 Å². The van der Waals surface area contributed by atoms with E-state index in [1.165, 1.54) is 12.1 Å². The van der Waals surface area contributed by atoms with Crippen LogP contribution in [0.2, 0.25) is 0 Å². The molecule has 0 saturated heterocycles. The van der Waals surface area contributed by atoms with Crippen molar-refractivity contribution in [3.8, 4) is 0 Å². The molecule has 0 aliphatic rings. The van der Waals surface area contributed by atoms with Crippen LogP contribution in [0.25, 0.3) is 11.0 Å². The molecule has 3 atom stereocenters. The van der Waals surface area contributed by atoms with E-state index in [1.54, 1.807) is 12.1 Å². The quantitative estimate of drug-likeness (QED) is 0.164. The van der Waals surface area contributed by atoms with E-state index in [-0.39, 0.29) is 31.6 Å². The van der Waals surface area contributed by atoms with Crippen LogP contribution in [0.3, 0.4) is 0 Å². The fourth-order valence-corrected chi connectivity index (χ4v) is 5.39. The average Bonchev–Trinajstić information content (AvgIpc) is 3.29. The van der Waals surface area contributed by atoms with Gasteiger partial charge in [0.2, 0.25) is 11.8 Å². The van der Waals surface area contributed by atoms with Gasteiger partial charge in [0.05, 0.1) is 17.1 Å². The van der Waals surface area contributed by atoms with E-state index in [4.69, 9.17) is 33.9 Å². The highest BCUT2D eigenvalue weighted by Gasteiger charge is 2.29. The maximum atomic E-state index is 13.3. The second kappa shape index (κ2) is 16.6. The highest BCUT2D eigenvalue weighted by atomic mass is 35.5. The first-order chi connectivity index (χ1) is 20.9. The maximum Gasteiger partial charge on any atom is 0.326 e. The van der Waals surface area contributed by atoms with Crippen LogP contribution in [-0.4, -0.2) is 75.4 Å². The molecule has 0 spiro atoms. The first kappa shape index (κ1) is 35.1. The molecule has 240 valence electrons. The minimum atomic E-state index is -1.21. The molecule has 3 rings (SSSR count). The van der Waals surface area contributed by atoms with Gasteiger partial charge in [0, 0.05) is 44.0 Å². The molecule has 0 saturated carbocycles. The molecule has 5 N–H and O–H groups in total. The van der Waals surface area contributed by atoms with E-state index in [9.17, 15) is 23.9 Å². The van der Waals surface area contributed by atoms with Crippen molar-refractivity contribution in [1.82, 2.24) is 20.2 Å². The van der Waals surface area contributed by atoms with Gasteiger partial charge in [-0.05, 0) is 61.1 Å². The predicted octanol–water partition coefficient (Wildman–Crippen LogP) is 3.60. The van der Waals surface area contributed by atoms with Gasteiger partial charge in [-0.1, -0.05) is 26.0 Å². The van der Waals surface area contributed by atoms with Crippen molar-refractivity contribution < 1.29 is 23.9 Å². The Labute approximate surface area is 267 Å². The van der Waals surface area contributed by atoms with Crippen molar-refractivity contribution in [2.24, 2.45) is 18.7 Å². The molecule has 1 aromatic heterocycles. The van der Waals surface area contributed by atoms with Crippen LogP contribution in [0.1, 0.15) is 38.1 Å². The van der Waals surface area contributed by atoms with Gasteiger partial charge >= 0.3 is 5.97 Å². The van der Waals surface area contributed by atoms with E-state index in [0.717, 1.165) is 16.7 Å². The summed E-state index contributed by atoms with van der Waals surface area (Å²) < 4.78 is 15.1. The number of hydrogen-bond acceptors (Lipinski definition) is 6. The van der Waals surface area contributed by atoms with Gasteiger partial charge in [-0.3, -0.25) is 9.59 Å². The van der Waals surface area contributed by atoms with Crippen molar-refractivity contribution in [1.29, 1.82) is 0 Å². The molecule has 0 unspecified atom stereocenters. The first-order valence-electron chi connectivity index (χ1n) is 14.6. The molecular weight excluding hydrogens is 610 g/mol. The summed E-state index contributed by atoms with van der Waals surface area (Å²) >= 11 is 11.9. The zero-order valence-corrected chi connectivity index (χ0v) is 26.7. The molecule has 0 fully saturated rings. The van der Waals surface area contributed by atoms with Crippen molar-refractivity contribution in [2.75, 3.05) is 29.7 Å². The molecular formula is C31H41Cl2FN6O4. The number of carbonyl (C=O) groups excluding carboxylic acids is 2. The average molecular weight is 652 g/mol. The number of carbonyl (C=O) groups is 3. The Morgan fingerprint density at radius 1 is 1.02 bits per heavy atom. The Bertz CT molecular complexity index is 1410. The standard InChI is InChI=1S/C31H41Cl2FN6O4/c1-19(2)16-26(38-29(41)23(35)17-20-4-6-21(34)7-5-20)30(42)37-24(31(43)44)9-11-28-36-25-18-22(8-10-27(25)39(28)3)40(14-12-32)15-13-33/h4-8,10,18-19,23-24,26H,9,11-17,35H2,1-3H3,(H,37,42)(H,38,41)(H,43,44)/t23-,24-,26+/m0/s1. The number of carboxylic acids is 1. The highest BCUT2D eigenvalue weighted by Crippen LogP contribution is 2.23. The number of nitrogens with one attached hydrogen (secondary N) is 2. The summed E-state index contributed by atoms with van der Waals surface area (Å²) in [6.07, 6.45) is 0.804. The number of halogens is 3. The molecule has 1 heterocycles. The van der Waals surface area contributed by atoms with Crippen LogP contribution in [0.15, 0.2) is 42.5 Å². The summed E-state index contributed by atoms with van der Waals surface area (Å²) in [5.41, 5.74) is 9.32. The number of amides is 2. The van der Waals surface area contributed by atoms with Crippen LogP contribution < -0.4 is 21.3 Å². The monoisotopic (exact) mass is 650 g/mol. The van der Waals surface area contributed by atoms with Gasteiger partial charge in [0.1, 0.15) is 23.7 Å². The van der Waals surface area contributed by atoms with Crippen LogP contribution in [0, 0.1) is 11.7 Å². The third-order valence-electron chi connectivity index (χ3n) is 7.35. The lowest BCUT2D eigenvalue weighted by atomic mass is 10.0. The van der Waals surface area contributed by atoms with E-state index in [0.29, 0.717) is 36.2 Å². The van der Waals surface area contributed by atoms with Crippen LogP contribution >= 0.6 is 23.2 Å².